The van der Waals surface area contributed by atoms with Crippen LogP contribution in [0.2, 0.25) is 0 Å². The number of aromatic nitrogens is 1. The number of hydrazine groups is 1. The maximum absolute atomic E-state index is 12.7. The number of benzene rings is 2. The second-order valence-electron chi connectivity index (χ2n) is 7.78. The molecule has 3 aromatic rings. The number of non-ortho nitro benzene ring substituents is 2. The highest BCUT2D eigenvalue weighted by Gasteiger charge is 2.41. The van der Waals surface area contributed by atoms with Crippen LogP contribution in [-0.4, -0.2) is 44.3 Å². The lowest BCUT2D eigenvalue weighted by molar-refractivity contribution is -0.385. The second-order valence-corrected chi connectivity index (χ2v) is 7.78. The Kier molecular flexibility index (Phi) is 7.39. The predicted octanol–water partition coefficient (Wildman–Crippen LogP) is 2.04. The Labute approximate surface area is 213 Å². The van der Waals surface area contributed by atoms with Gasteiger partial charge in [0.2, 0.25) is 5.90 Å². The first-order valence-corrected chi connectivity index (χ1v) is 10.8. The molecule has 38 heavy (non-hydrogen) atoms. The SMILES string of the molecule is N=C1O[C@H](c2ccncc2)[C@@H](NNC(=O)c2cccc([N+](=O)[O-])c2)/C1=N/NC(=O)c1cccc([N+](=O)[O-])c1. The lowest BCUT2D eigenvalue weighted by Crippen LogP contribution is -2.49. The van der Waals surface area contributed by atoms with Gasteiger partial charge in [0.05, 0.1) is 9.85 Å². The summed E-state index contributed by atoms with van der Waals surface area (Å²) >= 11 is 0. The fourth-order valence-corrected chi connectivity index (χ4v) is 3.53. The van der Waals surface area contributed by atoms with Gasteiger partial charge in [-0.05, 0) is 29.8 Å². The average molecular weight is 518 g/mol. The molecule has 2 amide bonds. The Morgan fingerprint density at radius 3 is 2.08 bits per heavy atom. The van der Waals surface area contributed by atoms with E-state index in [4.69, 9.17) is 10.1 Å². The summed E-state index contributed by atoms with van der Waals surface area (Å²) in [5, 5.41) is 34.3. The number of hydrogen-bond acceptors (Lipinski definition) is 11. The Balaban J connectivity index is 1.57. The van der Waals surface area contributed by atoms with Crippen LogP contribution in [0.4, 0.5) is 11.4 Å². The Bertz CT molecular complexity index is 1460. The van der Waals surface area contributed by atoms with E-state index in [1.807, 2.05) is 0 Å². The van der Waals surface area contributed by atoms with Crippen LogP contribution in [0, 0.1) is 25.6 Å². The van der Waals surface area contributed by atoms with Crippen LogP contribution in [0.3, 0.4) is 0 Å². The smallest absolute Gasteiger partial charge is 0.271 e. The maximum Gasteiger partial charge on any atom is 0.271 e. The highest BCUT2D eigenvalue weighted by Crippen LogP contribution is 2.28. The molecule has 4 N–H and O–H groups in total. The van der Waals surface area contributed by atoms with Gasteiger partial charge in [-0.25, -0.2) is 10.9 Å². The van der Waals surface area contributed by atoms with E-state index in [-0.39, 0.29) is 28.2 Å². The summed E-state index contributed by atoms with van der Waals surface area (Å²) in [6.07, 6.45) is 2.13. The van der Waals surface area contributed by atoms with Crippen LogP contribution in [0.1, 0.15) is 32.4 Å². The molecular formula is C23H18N8O7. The highest BCUT2D eigenvalue weighted by atomic mass is 16.6. The molecule has 0 radical (unpaired) electrons. The molecular weight excluding hydrogens is 500 g/mol. The first-order valence-electron chi connectivity index (χ1n) is 10.8. The van der Waals surface area contributed by atoms with E-state index in [9.17, 15) is 29.8 Å². The van der Waals surface area contributed by atoms with E-state index in [0.29, 0.717) is 5.56 Å². The van der Waals surface area contributed by atoms with E-state index < -0.39 is 39.7 Å². The lowest BCUT2D eigenvalue weighted by Gasteiger charge is -2.19. The number of nitrogens with one attached hydrogen (secondary N) is 4. The van der Waals surface area contributed by atoms with Crippen molar-refractivity contribution in [3.05, 3.63) is 110 Å². The summed E-state index contributed by atoms with van der Waals surface area (Å²) < 4.78 is 5.63. The van der Waals surface area contributed by atoms with Crippen molar-refractivity contribution in [2.75, 3.05) is 0 Å². The number of nitro benzene ring substituents is 2. The van der Waals surface area contributed by atoms with Crippen LogP contribution in [0.5, 0.6) is 0 Å². The molecule has 1 aliphatic heterocycles. The number of nitrogens with zero attached hydrogens (tertiary/aromatic N) is 4. The maximum atomic E-state index is 12.7. The monoisotopic (exact) mass is 518 g/mol. The minimum atomic E-state index is -0.988. The van der Waals surface area contributed by atoms with Gasteiger partial charge in [-0.3, -0.25) is 45.6 Å². The van der Waals surface area contributed by atoms with Crippen LogP contribution < -0.4 is 16.3 Å². The molecule has 4 rings (SSSR count). The van der Waals surface area contributed by atoms with E-state index in [2.05, 4.69) is 26.4 Å². The molecule has 0 spiro atoms. The van der Waals surface area contributed by atoms with Crippen molar-refractivity contribution in [1.82, 2.24) is 21.3 Å². The molecule has 1 fully saturated rings. The van der Waals surface area contributed by atoms with Gasteiger partial charge in [-0.1, -0.05) is 12.1 Å². The Morgan fingerprint density at radius 2 is 1.50 bits per heavy atom. The topological polar surface area (TPSA) is 215 Å². The molecule has 1 saturated heterocycles. The summed E-state index contributed by atoms with van der Waals surface area (Å²) in [5.41, 5.74) is 7.26. The second kappa shape index (κ2) is 11.0. The molecule has 0 saturated carbocycles. The summed E-state index contributed by atoms with van der Waals surface area (Å²) in [4.78, 5) is 49.9. The normalized spacial score (nSPS) is 17.5. The van der Waals surface area contributed by atoms with Crippen molar-refractivity contribution in [1.29, 1.82) is 5.41 Å². The van der Waals surface area contributed by atoms with Crippen molar-refractivity contribution < 1.29 is 24.2 Å². The minimum Gasteiger partial charge on any atom is -0.466 e. The van der Waals surface area contributed by atoms with Crippen molar-refractivity contribution in [3.63, 3.8) is 0 Å². The highest BCUT2D eigenvalue weighted by molar-refractivity contribution is 6.41. The number of amides is 2. The molecule has 0 bridgehead atoms. The van der Waals surface area contributed by atoms with E-state index in [1.165, 1.54) is 48.8 Å². The van der Waals surface area contributed by atoms with Gasteiger partial charge in [-0.15, -0.1) is 0 Å². The van der Waals surface area contributed by atoms with Crippen LogP contribution in [-0.2, 0) is 4.74 Å². The molecule has 0 unspecified atom stereocenters. The summed E-state index contributed by atoms with van der Waals surface area (Å²) in [7, 11) is 0. The van der Waals surface area contributed by atoms with Crippen LogP contribution >= 0.6 is 0 Å². The van der Waals surface area contributed by atoms with Gasteiger partial charge in [0.1, 0.15) is 17.9 Å². The van der Waals surface area contributed by atoms with Crippen molar-refractivity contribution in [2.24, 2.45) is 5.10 Å². The molecule has 1 aromatic heterocycles. The van der Waals surface area contributed by atoms with Crippen LogP contribution in [0.25, 0.3) is 0 Å². The molecule has 15 heteroatoms. The minimum absolute atomic E-state index is 0.00128. The number of rotatable bonds is 8. The third-order valence-corrected chi connectivity index (χ3v) is 5.37. The van der Waals surface area contributed by atoms with E-state index in [1.54, 1.807) is 12.1 Å². The van der Waals surface area contributed by atoms with Crippen molar-refractivity contribution in [3.8, 4) is 0 Å². The molecule has 2 aromatic carbocycles. The fraction of sp³-hybridized carbons (Fsp3) is 0.0870. The molecule has 2 atom stereocenters. The number of carbonyl (C=O) groups is 2. The molecule has 192 valence electrons. The van der Waals surface area contributed by atoms with Crippen molar-refractivity contribution in [2.45, 2.75) is 12.1 Å². The van der Waals surface area contributed by atoms with Gasteiger partial charge < -0.3 is 4.74 Å². The summed E-state index contributed by atoms with van der Waals surface area (Å²) in [6.45, 7) is 0. The quantitative estimate of drug-likeness (QED) is 0.253. The average Bonchev–Trinajstić information content (AvgIpc) is 3.25. The number of carbonyl (C=O) groups excluding carboxylic acids is 2. The number of hydrazone groups is 1. The Morgan fingerprint density at radius 1 is 0.921 bits per heavy atom. The molecule has 1 aliphatic rings. The third-order valence-electron chi connectivity index (χ3n) is 5.37. The van der Waals surface area contributed by atoms with Crippen molar-refractivity contribution >= 4 is 34.8 Å². The van der Waals surface area contributed by atoms with E-state index in [0.717, 1.165) is 12.1 Å². The third kappa shape index (κ3) is 5.63. The number of nitro groups is 2. The summed E-state index contributed by atoms with van der Waals surface area (Å²) in [6, 6.07) is 12.3. The zero-order valence-corrected chi connectivity index (χ0v) is 19.2. The molecule has 15 nitrogen and oxygen atoms in total. The number of pyridine rings is 1. The van der Waals surface area contributed by atoms with Gasteiger partial charge in [0, 0.05) is 47.8 Å². The lowest BCUT2D eigenvalue weighted by atomic mass is 10.0. The molecule has 2 heterocycles. The van der Waals surface area contributed by atoms with E-state index >= 15 is 0 Å². The fourth-order valence-electron chi connectivity index (χ4n) is 3.53. The largest absolute Gasteiger partial charge is 0.466 e. The van der Waals surface area contributed by atoms with Crippen LogP contribution in [0.15, 0.2) is 78.2 Å². The molecule has 0 aliphatic carbocycles. The first kappa shape index (κ1) is 25.5. The zero-order chi connectivity index (χ0) is 27.2. The van der Waals surface area contributed by atoms with Gasteiger partial charge >= 0.3 is 0 Å². The van der Waals surface area contributed by atoms with Gasteiger partial charge in [-0.2, -0.15) is 5.10 Å². The standard InChI is InChI=1S/C23H18N8O7/c24-21-19(27-29-23(33)15-4-2-6-17(12-15)31(36)37)18(20(38-21)13-7-9-25-10-8-13)26-28-22(32)14-3-1-5-16(11-14)30(34)35/h1-12,18,20,24,26H,(H,28,32)(H,29,33)/b24-21?,27-19-/t18-,20+/m0/s1. The van der Waals surface area contributed by atoms with Gasteiger partial charge in [0.15, 0.2) is 0 Å². The Hall–Kier alpha value is -5.57. The number of hydrogen-bond donors (Lipinski definition) is 4. The van der Waals surface area contributed by atoms with Gasteiger partial charge in [0.25, 0.3) is 23.2 Å². The summed E-state index contributed by atoms with van der Waals surface area (Å²) in [5.74, 6) is -1.89. The zero-order valence-electron chi connectivity index (χ0n) is 19.2. The number of ether oxygens (including phenoxy) is 1. The predicted molar refractivity (Wildman–Crippen MR) is 131 cm³/mol. The first-order chi connectivity index (χ1) is 18.2.